The third kappa shape index (κ3) is 5.11. The maximum Gasteiger partial charge on any atom is 0.337 e. The Balaban J connectivity index is 1.61. The zero-order valence-electron chi connectivity index (χ0n) is 20.6. The van der Waals surface area contributed by atoms with Gasteiger partial charge in [0.05, 0.1) is 30.7 Å². The number of sulfonamides is 1. The van der Waals surface area contributed by atoms with Gasteiger partial charge in [0.25, 0.3) is 0 Å². The first-order chi connectivity index (χ1) is 18.2. The van der Waals surface area contributed by atoms with E-state index in [1.165, 1.54) is 7.11 Å². The van der Waals surface area contributed by atoms with Crippen molar-refractivity contribution in [2.75, 3.05) is 23.0 Å². The van der Waals surface area contributed by atoms with Gasteiger partial charge in [0.1, 0.15) is 6.04 Å². The van der Waals surface area contributed by atoms with E-state index < -0.39 is 16.0 Å². The first kappa shape index (κ1) is 25.4. The minimum atomic E-state index is -3.41. The molecule has 194 valence electrons. The van der Waals surface area contributed by atoms with E-state index >= 15 is 0 Å². The smallest absolute Gasteiger partial charge is 0.337 e. The van der Waals surface area contributed by atoms with Crippen molar-refractivity contribution in [2.24, 2.45) is 0 Å². The normalized spacial score (nSPS) is 17.2. The molecule has 0 spiro atoms. The summed E-state index contributed by atoms with van der Waals surface area (Å²) in [5.41, 5.74) is 4.19. The number of carbonyl (C=O) groups is 1. The van der Waals surface area contributed by atoms with Gasteiger partial charge in [-0.2, -0.15) is 0 Å². The second kappa shape index (κ2) is 10.3. The molecule has 0 radical (unpaired) electrons. The average Bonchev–Trinajstić information content (AvgIpc) is 3.53. The fourth-order valence-electron chi connectivity index (χ4n) is 4.61. The lowest BCUT2D eigenvalue weighted by atomic mass is 10.0. The third-order valence-corrected chi connectivity index (χ3v) is 7.10. The number of methoxy groups -OCH3 is 1. The molecule has 1 aliphatic rings. The van der Waals surface area contributed by atoms with Gasteiger partial charge >= 0.3 is 5.97 Å². The van der Waals surface area contributed by atoms with Crippen LogP contribution in [0.15, 0.2) is 91.3 Å². The van der Waals surface area contributed by atoms with Gasteiger partial charge in [0.15, 0.2) is 5.11 Å². The van der Waals surface area contributed by atoms with Gasteiger partial charge < -0.3 is 19.5 Å². The van der Waals surface area contributed by atoms with Crippen LogP contribution in [0.4, 0.5) is 11.4 Å². The quantitative estimate of drug-likeness (QED) is 0.262. The Labute approximate surface area is 226 Å². The van der Waals surface area contributed by atoms with Crippen LogP contribution in [0.1, 0.15) is 33.8 Å². The number of ether oxygens (including phenoxy) is 1. The van der Waals surface area contributed by atoms with Crippen LogP contribution in [-0.4, -0.2) is 42.4 Å². The van der Waals surface area contributed by atoms with Gasteiger partial charge in [-0.1, -0.05) is 12.1 Å². The van der Waals surface area contributed by atoms with Gasteiger partial charge in [-0.15, -0.1) is 0 Å². The van der Waals surface area contributed by atoms with E-state index in [0.717, 1.165) is 29.0 Å². The molecule has 1 fully saturated rings. The lowest BCUT2D eigenvalue weighted by Crippen LogP contribution is -2.30. The number of anilines is 2. The number of nitrogens with one attached hydrogen (secondary N) is 2. The van der Waals surface area contributed by atoms with Crippen molar-refractivity contribution in [3.8, 4) is 5.69 Å². The van der Waals surface area contributed by atoms with Gasteiger partial charge in [-0.05, 0) is 78.9 Å². The first-order valence-electron chi connectivity index (χ1n) is 11.7. The van der Waals surface area contributed by atoms with Crippen LogP contribution in [-0.2, 0) is 14.8 Å². The number of benzene rings is 2. The lowest BCUT2D eigenvalue weighted by Gasteiger charge is -2.29. The zero-order valence-corrected chi connectivity index (χ0v) is 22.2. The Bertz CT molecular complexity index is 1590. The van der Waals surface area contributed by atoms with Gasteiger partial charge in [0, 0.05) is 35.1 Å². The predicted octanol–water partition coefficient (Wildman–Crippen LogP) is 4.21. The van der Waals surface area contributed by atoms with Crippen LogP contribution in [0.5, 0.6) is 0 Å². The van der Waals surface area contributed by atoms with Gasteiger partial charge in [-0.3, -0.25) is 9.71 Å². The Morgan fingerprint density at radius 3 is 2.50 bits per heavy atom. The van der Waals surface area contributed by atoms with E-state index in [1.807, 2.05) is 70.3 Å². The molecule has 0 unspecified atom stereocenters. The molecule has 4 aromatic rings. The molecule has 0 aliphatic carbocycles. The molecule has 5 rings (SSSR count). The number of hydrogen-bond acceptors (Lipinski definition) is 6. The zero-order chi connectivity index (χ0) is 26.9. The van der Waals surface area contributed by atoms with E-state index in [9.17, 15) is 13.2 Å². The summed E-state index contributed by atoms with van der Waals surface area (Å²) >= 11 is 5.81. The maximum atomic E-state index is 12.2. The molecule has 2 aromatic carbocycles. The SMILES string of the molecule is COC(=O)c1cccc(-n2cccc2[C@H]2[C@H](c3ccccn3)NC(=S)N2c2ccc(NS(C)(=O)=O)cc2)c1. The van der Waals surface area contributed by atoms with Crippen LogP contribution in [0, 0.1) is 0 Å². The molecule has 2 atom stereocenters. The van der Waals surface area contributed by atoms with E-state index in [-0.39, 0.29) is 12.1 Å². The molecule has 2 aromatic heterocycles. The predicted molar refractivity (Wildman–Crippen MR) is 150 cm³/mol. The summed E-state index contributed by atoms with van der Waals surface area (Å²) in [6.45, 7) is 0. The molecular formula is C27H25N5O4S2. The fourth-order valence-corrected chi connectivity index (χ4v) is 5.52. The maximum absolute atomic E-state index is 12.2. The highest BCUT2D eigenvalue weighted by Gasteiger charge is 2.42. The van der Waals surface area contributed by atoms with Gasteiger partial charge in [0.2, 0.25) is 10.0 Å². The summed E-state index contributed by atoms with van der Waals surface area (Å²) in [4.78, 5) is 18.8. The Kier molecular flexibility index (Phi) is 6.87. The summed E-state index contributed by atoms with van der Waals surface area (Å²) in [5, 5.41) is 3.93. The molecule has 11 heteroatoms. The Hall–Kier alpha value is -4.22. The van der Waals surface area contributed by atoms with Crippen molar-refractivity contribution in [1.82, 2.24) is 14.9 Å². The second-order valence-electron chi connectivity index (χ2n) is 8.76. The molecule has 1 aliphatic heterocycles. The highest BCUT2D eigenvalue weighted by molar-refractivity contribution is 7.92. The van der Waals surface area contributed by atoms with Crippen molar-refractivity contribution in [2.45, 2.75) is 12.1 Å². The number of carbonyl (C=O) groups excluding carboxylic acids is 1. The second-order valence-corrected chi connectivity index (χ2v) is 10.9. The monoisotopic (exact) mass is 547 g/mol. The first-order valence-corrected chi connectivity index (χ1v) is 14.0. The molecule has 0 bridgehead atoms. The largest absolute Gasteiger partial charge is 0.465 e. The molecule has 2 N–H and O–H groups in total. The van der Waals surface area contributed by atoms with E-state index in [1.54, 1.807) is 30.5 Å². The third-order valence-electron chi connectivity index (χ3n) is 6.18. The van der Waals surface area contributed by atoms with Crippen LogP contribution in [0.2, 0.25) is 0 Å². The minimum absolute atomic E-state index is 0.282. The summed E-state index contributed by atoms with van der Waals surface area (Å²) in [5.74, 6) is -0.417. The number of hydrogen-bond donors (Lipinski definition) is 2. The van der Waals surface area contributed by atoms with E-state index in [2.05, 4.69) is 15.0 Å². The number of pyridine rings is 1. The molecular weight excluding hydrogens is 522 g/mol. The Morgan fingerprint density at radius 1 is 1.03 bits per heavy atom. The highest BCUT2D eigenvalue weighted by atomic mass is 32.2. The number of aromatic nitrogens is 2. The number of nitrogens with zero attached hydrogens (tertiary/aromatic N) is 3. The van der Waals surface area contributed by atoms with Crippen molar-refractivity contribution in [3.63, 3.8) is 0 Å². The van der Waals surface area contributed by atoms with Crippen molar-refractivity contribution < 1.29 is 17.9 Å². The standard InChI is InChI=1S/C27H25N5O4S2/c1-36-26(33)18-7-5-8-21(17-18)31-16-6-10-23(31)25-24(22-9-3-4-15-28-22)29-27(37)32(25)20-13-11-19(12-14-20)30-38(2,34)35/h3-17,24-25,30H,1-2H3,(H,29,37)/t24-,25-/m0/s1. The summed E-state index contributed by atoms with van der Waals surface area (Å²) in [6.07, 6.45) is 4.78. The van der Waals surface area contributed by atoms with Crippen LogP contribution >= 0.6 is 12.2 Å². The molecule has 38 heavy (non-hydrogen) atoms. The topological polar surface area (TPSA) is 106 Å². The molecule has 0 amide bonds. The fraction of sp³-hybridized carbons (Fsp3) is 0.148. The summed E-state index contributed by atoms with van der Waals surface area (Å²) in [6, 6.07) is 23.3. The van der Waals surface area contributed by atoms with Gasteiger partial charge in [-0.25, -0.2) is 13.2 Å². The van der Waals surface area contributed by atoms with E-state index in [0.29, 0.717) is 16.4 Å². The van der Waals surface area contributed by atoms with Crippen LogP contribution < -0.4 is 14.9 Å². The van der Waals surface area contributed by atoms with Crippen molar-refractivity contribution in [3.05, 3.63) is 108 Å². The number of esters is 1. The average molecular weight is 548 g/mol. The molecule has 0 saturated carbocycles. The van der Waals surface area contributed by atoms with E-state index in [4.69, 9.17) is 17.0 Å². The minimum Gasteiger partial charge on any atom is -0.465 e. The van der Waals surface area contributed by atoms with Crippen LogP contribution in [0.25, 0.3) is 5.69 Å². The summed E-state index contributed by atoms with van der Waals surface area (Å²) < 4.78 is 32.7. The summed E-state index contributed by atoms with van der Waals surface area (Å²) in [7, 11) is -2.05. The number of thiocarbonyl (C=S) groups is 1. The van der Waals surface area contributed by atoms with Crippen LogP contribution in [0.3, 0.4) is 0 Å². The van der Waals surface area contributed by atoms with Crippen molar-refractivity contribution >= 4 is 44.7 Å². The van der Waals surface area contributed by atoms with Crippen molar-refractivity contribution in [1.29, 1.82) is 0 Å². The molecule has 1 saturated heterocycles. The number of rotatable bonds is 7. The Morgan fingerprint density at radius 2 is 1.82 bits per heavy atom. The lowest BCUT2D eigenvalue weighted by molar-refractivity contribution is 0.0600. The molecule has 3 heterocycles. The molecule has 9 nitrogen and oxygen atoms in total. The highest BCUT2D eigenvalue weighted by Crippen LogP contribution is 2.42.